The summed E-state index contributed by atoms with van der Waals surface area (Å²) in [5.74, 6) is 0.395. The molecule has 0 amide bonds. The first kappa shape index (κ1) is 49.5. The number of carbonyl (C=O) groups excluding carboxylic acids is 1. The van der Waals surface area contributed by atoms with E-state index in [0.29, 0.717) is 45.2 Å². The molecule has 1 aromatic heterocycles. The van der Waals surface area contributed by atoms with E-state index in [1.807, 2.05) is 11.9 Å². The van der Waals surface area contributed by atoms with Gasteiger partial charge in [0.05, 0.1) is 12.8 Å². The minimum Gasteiger partial charge on any atom is -0.424 e. The molecule has 0 saturated carbocycles. The van der Waals surface area contributed by atoms with Gasteiger partial charge in [-0.3, -0.25) is 13.9 Å². The van der Waals surface area contributed by atoms with Crippen molar-refractivity contribution >= 4 is 19.2 Å². The van der Waals surface area contributed by atoms with E-state index < -0.39 is 44.1 Å². The molecule has 1 unspecified atom stereocenters. The number of anilines is 1. The van der Waals surface area contributed by atoms with E-state index in [1.54, 1.807) is 30.3 Å². The number of azide groups is 1. The Morgan fingerprint density at radius 1 is 0.950 bits per heavy atom. The Bertz CT molecular complexity index is 1930. The molecule has 60 heavy (non-hydrogen) atoms. The molecule has 5 atom stereocenters. The first-order chi connectivity index (χ1) is 29.0. The number of nitrogen functional groups attached to an aromatic ring is 1. The fraction of sp³-hybridized carbons (Fsp3) is 0.477. The molecule has 3 rings (SSSR count). The van der Waals surface area contributed by atoms with Gasteiger partial charge in [0.25, 0.3) is 0 Å². The van der Waals surface area contributed by atoms with Gasteiger partial charge in [-0.25, -0.2) is 9.36 Å². The van der Waals surface area contributed by atoms with Crippen molar-refractivity contribution in [2.45, 2.75) is 102 Å². The van der Waals surface area contributed by atoms with Crippen LogP contribution in [0.15, 0.2) is 125 Å². The number of para-hydroxylation sites is 1. The second kappa shape index (κ2) is 27.8. The standard InChI is InChI=1S/C44H62N7O8P/c1-3-4-5-6-7-8-9-10-11-12-13-14-15-16-17-18-19-20-22-27-37(52)28-25-32-50(2)33-26-35-60(56,59-38-29-23-21-24-30-38)57-36-44(48-49-46)41(54)40(53)42(58-44)51-34-31-39(45)47-43(51)55/h4-5,7-8,10-11,13-14,16-17,19-21,23-24,29-31,34,40-42,53-54H,3,6,9,12,15,18,22,25-28,32-33,35-36H2,1-2H3,(H2,45,47,55)/b5-4-,8-7-,11-10-,14-13-,17-16-,20-19-/t40-,41+,42-,44-,60?/m1/s1. The highest BCUT2D eigenvalue weighted by atomic mass is 31.2. The van der Waals surface area contributed by atoms with Crippen LogP contribution in [0.4, 0.5) is 5.82 Å². The van der Waals surface area contributed by atoms with Gasteiger partial charge < -0.3 is 30.1 Å². The van der Waals surface area contributed by atoms with Crippen molar-refractivity contribution < 1.29 is 33.4 Å². The monoisotopic (exact) mass is 847 g/mol. The highest BCUT2D eigenvalue weighted by molar-refractivity contribution is 7.54. The number of carbonyl (C=O) groups is 1. The first-order valence-corrected chi connectivity index (χ1v) is 22.3. The maximum absolute atomic E-state index is 14.2. The molecule has 15 nitrogen and oxygen atoms in total. The van der Waals surface area contributed by atoms with Crippen LogP contribution in [0.2, 0.25) is 0 Å². The zero-order valence-corrected chi connectivity index (χ0v) is 35.8. The first-order valence-electron chi connectivity index (χ1n) is 20.6. The Labute approximate surface area is 353 Å². The zero-order valence-electron chi connectivity index (χ0n) is 34.9. The number of benzene rings is 1. The Balaban J connectivity index is 1.38. The summed E-state index contributed by atoms with van der Waals surface area (Å²) in [6.07, 6.45) is 30.3. The lowest BCUT2D eigenvalue weighted by Crippen LogP contribution is -2.45. The van der Waals surface area contributed by atoms with Gasteiger partial charge in [0.2, 0.25) is 5.72 Å². The maximum Gasteiger partial charge on any atom is 0.379 e. The Hall–Kier alpha value is -4.85. The second-order valence-corrected chi connectivity index (χ2v) is 16.4. The predicted molar refractivity (Wildman–Crippen MR) is 236 cm³/mol. The van der Waals surface area contributed by atoms with Crippen LogP contribution in [0.1, 0.15) is 83.8 Å². The van der Waals surface area contributed by atoms with Crippen molar-refractivity contribution in [1.29, 1.82) is 0 Å². The minimum absolute atomic E-state index is 0.0626. The number of hydrogen-bond donors (Lipinski definition) is 3. The van der Waals surface area contributed by atoms with Gasteiger partial charge >= 0.3 is 13.3 Å². The average Bonchev–Trinajstić information content (AvgIpc) is 3.46. The number of nitrogens with two attached hydrogens (primary N) is 1. The molecular formula is C44H62N7O8P. The summed E-state index contributed by atoms with van der Waals surface area (Å²) in [5, 5.41) is 25.4. The van der Waals surface area contributed by atoms with Gasteiger partial charge in [-0.1, -0.05) is 103 Å². The van der Waals surface area contributed by atoms with Crippen molar-refractivity contribution in [3.8, 4) is 5.75 Å². The lowest BCUT2D eigenvalue weighted by Gasteiger charge is -2.29. The molecule has 2 aromatic rings. The van der Waals surface area contributed by atoms with Crippen LogP contribution in [0, 0.1) is 0 Å². The number of rotatable bonds is 29. The van der Waals surface area contributed by atoms with Gasteiger partial charge in [-0.05, 0) is 102 Å². The van der Waals surface area contributed by atoms with Crippen LogP contribution in [-0.2, 0) is 18.6 Å². The second-order valence-electron chi connectivity index (χ2n) is 14.3. The summed E-state index contributed by atoms with van der Waals surface area (Å²) < 4.78 is 32.5. The van der Waals surface area contributed by atoms with Crippen molar-refractivity contribution in [3.63, 3.8) is 0 Å². The number of ketones is 1. The number of hydrogen-bond acceptors (Lipinski definition) is 12. The lowest BCUT2D eigenvalue weighted by atomic mass is 10.1. The van der Waals surface area contributed by atoms with Crippen LogP contribution < -0.4 is 15.9 Å². The number of aromatic nitrogens is 2. The van der Waals surface area contributed by atoms with E-state index in [0.717, 1.165) is 43.1 Å². The molecular weight excluding hydrogens is 785 g/mol. The van der Waals surface area contributed by atoms with Gasteiger partial charge in [0.1, 0.15) is 29.6 Å². The molecule has 1 fully saturated rings. The summed E-state index contributed by atoms with van der Waals surface area (Å²) >= 11 is 0. The fourth-order valence-electron chi connectivity index (χ4n) is 6.09. The molecule has 0 spiro atoms. The Morgan fingerprint density at radius 2 is 1.53 bits per heavy atom. The number of aliphatic hydroxyl groups is 2. The molecule has 1 saturated heterocycles. The highest BCUT2D eigenvalue weighted by Crippen LogP contribution is 2.51. The third kappa shape index (κ3) is 18.2. The third-order valence-electron chi connectivity index (χ3n) is 9.35. The summed E-state index contributed by atoms with van der Waals surface area (Å²) in [4.78, 5) is 33.4. The summed E-state index contributed by atoms with van der Waals surface area (Å²) in [6.45, 7) is 2.52. The largest absolute Gasteiger partial charge is 0.424 e. The number of aliphatic hydroxyl groups excluding tert-OH is 2. The molecule has 2 heterocycles. The van der Waals surface area contributed by atoms with Crippen molar-refractivity contribution in [2.24, 2.45) is 5.11 Å². The van der Waals surface area contributed by atoms with Crippen LogP contribution in [-0.4, -0.2) is 81.3 Å². The van der Waals surface area contributed by atoms with E-state index in [-0.39, 0.29) is 23.5 Å². The van der Waals surface area contributed by atoms with Crippen molar-refractivity contribution in [3.05, 3.63) is 136 Å². The zero-order chi connectivity index (χ0) is 43.5. The third-order valence-corrected chi connectivity index (χ3v) is 11.2. The maximum atomic E-state index is 14.2. The van der Waals surface area contributed by atoms with Gasteiger partial charge in [-0.2, -0.15) is 4.98 Å². The summed E-state index contributed by atoms with van der Waals surface area (Å²) in [7, 11) is -2.10. The molecule has 1 aliphatic rings. The van der Waals surface area contributed by atoms with Crippen LogP contribution in [0.5, 0.6) is 5.75 Å². The topological polar surface area (TPSA) is 215 Å². The smallest absolute Gasteiger partial charge is 0.379 e. The van der Waals surface area contributed by atoms with E-state index in [4.69, 9.17) is 19.5 Å². The lowest BCUT2D eigenvalue weighted by molar-refractivity contribution is -0.121. The predicted octanol–water partition coefficient (Wildman–Crippen LogP) is 8.52. The number of Topliss-reactive ketones (excluding diaryl/α,β-unsaturated/α-hetero) is 1. The van der Waals surface area contributed by atoms with Crippen molar-refractivity contribution in [1.82, 2.24) is 14.5 Å². The molecule has 1 aliphatic heterocycles. The van der Waals surface area contributed by atoms with E-state index in [9.17, 15) is 29.9 Å². The van der Waals surface area contributed by atoms with E-state index >= 15 is 0 Å². The summed E-state index contributed by atoms with van der Waals surface area (Å²) in [6, 6.07) is 9.65. The van der Waals surface area contributed by atoms with Crippen LogP contribution in [0.3, 0.4) is 0 Å². The van der Waals surface area contributed by atoms with Gasteiger partial charge in [0.15, 0.2) is 6.23 Å². The molecule has 326 valence electrons. The molecule has 16 heteroatoms. The molecule has 0 radical (unpaired) electrons. The molecule has 1 aromatic carbocycles. The SMILES string of the molecule is CC/C=C\C/C=C\C/C=C\C/C=C\C/C=C\C/C=C\CCC(=O)CCCN(C)CCCP(=O)(OC[C@@]1(N=[N+]=[N-])O[C@@H](n2ccc(N)nc2=O)[C@H](O)[C@@H]1O)Oc1ccccc1. The molecule has 0 aliphatic carbocycles. The summed E-state index contributed by atoms with van der Waals surface area (Å²) in [5.41, 5.74) is 11.8. The fourth-order valence-corrected chi connectivity index (χ4v) is 7.72. The van der Waals surface area contributed by atoms with Gasteiger partial charge in [-0.15, -0.1) is 0 Å². The van der Waals surface area contributed by atoms with Crippen LogP contribution in [0.25, 0.3) is 10.4 Å². The van der Waals surface area contributed by atoms with Crippen LogP contribution >= 0.6 is 7.60 Å². The van der Waals surface area contributed by atoms with E-state index in [1.165, 1.54) is 12.3 Å². The Kier molecular flexibility index (Phi) is 23.0. The minimum atomic E-state index is -4.00. The van der Waals surface area contributed by atoms with Gasteiger partial charge in [0, 0.05) is 24.0 Å². The number of nitrogens with zero attached hydrogens (tertiary/aromatic N) is 6. The molecule has 0 bridgehead atoms. The number of ether oxygens (including phenoxy) is 1. The van der Waals surface area contributed by atoms with Crippen molar-refractivity contribution in [2.75, 3.05) is 38.6 Å². The highest BCUT2D eigenvalue weighted by Gasteiger charge is 2.56. The van der Waals surface area contributed by atoms with E-state index in [2.05, 4.69) is 94.8 Å². The normalized spacial score (nSPS) is 20.7. The Morgan fingerprint density at radius 3 is 2.12 bits per heavy atom. The quantitative estimate of drug-likeness (QED) is 0.0232. The average molecular weight is 848 g/mol. The molecule has 4 N–H and O–H groups in total. The number of allylic oxidation sites excluding steroid dienone is 12.